The standard InChI is InChI=1S/C46H28N4/c1-3-12-32-25-34(19-17-29(32)9-1)44-48-45(35-20-18-30-10-2-4-13-33(30)26-35)50-46(49-44)41-16-8-7-15-39(41)42-27-36-28-47-24-23-38(36)43-37-14-6-5-11-31(37)21-22-40(42)43/h1-28H. The number of benzene rings is 8. The fraction of sp³-hybridized carbons (Fsp3) is 0. The maximum absolute atomic E-state index is 5.21. The van der Waals surface area contributed by atoms with Gasteiger partial charge < -0.3 is 0 Å². The highest BCUT2D eigenvalue weighted by Crippen LogP contribution is 2.42. The van der Waals surface area contributed by atoms with Crippen LogP contribution in [0.2, 0.25) is 0 Å². The minimum atomic E-state index is 0.627. The van der Waals surface area contributed by atoms with Gasteiger partial charge in [-0.25, -0.2) is 15.0 Å². The van der Waals surface area contributed by atoms with Gasteiger partial charge in [-0.1, -0.05) is 133 Å². The average molecular weight is 637 g/mol. The summed E-state index contributed by atoms with van der Waals surface area (Å²) in [5.74, 6) is 1.90. The molecule has 0 amide bonds. The second kappa shape index (κ2) is 11.4. The Bertz CT molecular complexity index is 2830. The molecule has 8 aromatic carbocycles. The lowest BCUT2D eigenvalue weighted by Gasteiger charge is -2.16. The topological polar surface area (TPSA) is 51.6 Å². The first kappa shape index (κ1) is 28.3. The first-order chi connectivity index (χ1) is 24.8. The molecule has 0 aliphatic rings. The van der Waals surface area contributed by atoms with Crippen molar-refractivity contribution in [3.05, 3.63) is 170 Å². The molecule has 0 N–H and O–H groups in total. The number of fused-ring (bicyclic) bond motifs is 7. The predicted octanol–water partition coefficient (Wildman–Crippen LogP) is 11.7. The van der Waals surface area contributed by atoms with Crippen LogP contribution < -0.4 is 0 Å². The van der Waals surface area contributed by atoms with Crippen molar-refractivity contribution >= 4 is 53.9 Å². The highest BCUT2D eigenvalue weighted by Gasteiger charge is 2.19. The Kier molecular flexibility index (Phi) is 6.46. The van der Waals surface area contributed by atoms with Gasteiger partial charge in [0, 0.05) is 34.5 Å². The van der Waals surface area contributed by atoms with E-state index in [9.17, 15) is 0 Å². The molecule has 0 unspecified atom stereocenters. The molecule has 0 fully saturated rings. The largest absolute Gasteiger partial charge is 0.264 e. The summed E-state index contributed by atoms with van der Waals surface area (Å²) in [6, 6.07) is 55.5. The van der Waals surface area contributed by atoms with Gasteiger partial charge >= 0.3 is 0 Å². The van der Waals surface area contributed by atoms with Gasteiger partial charge in [0.1, 0.15) is 0 Å². The molecule has 50 heavy (non-hydrogen) atoms. The monoisotopic (exact) mass is 636 g/mol. The molecule has 0 atom stereocenters. The minimum Gasteiger partial charge on any atom is -0.264 e. The Morgan fingerprint density at radius 1 is 0.320 bits per heavy atom. The Labute approximate surface area is 288 Å². The SMILES string of the molecule is c1ccc(-c2cc3cnccc3c3c2ccc2ccccc23)c(-c2nc(-c3ccc4ccccc4c3)nc(-c3ccc4ccccc4c3)n2)c1. The lowest BCUT2D eigenvalue weighted by Crippen LogP contribution is -2.01. The van der Waals surface area contributed by atoms with E-state index in [0.717, 1.165) is 44.0 Å². The zero-order chi connectivity index (χ0) is 33.0. The first-order valence-electron chi connectivity index (χ1n) is 16.8. The third-order valence-electron chi connectivity index (χ3n) is 9.75. The normalized spacial score (nSPS) is 11.6. The Morgan fingerprint density at radius 2 is 0.860 bits per heavy atom. The van der Waals surface area contributed by atoms with Gasteiger partial charge in [0.05, 0.1) is 0 Å². The lowest BCUT2D eigenvalue weighted by atomic mass is 9.89. The molecule has 4 nitrogen and oxygen atoms in total. The number of aromatic nitrogens is 4. The van der Waals surface area contributed by atoms with Gasteiger partial charge in [0.15, 0.2) is 17.5 Å². The molecular formula is C46H28N4. The van der Waals surface area contributed by atoms with Crippen LogP contribution in [0.4, 0.5) is 0 Å². The van der Waals surface area contributed by atoms with Crippen LogP contribution >= 0.6 is 0 Å². The minimum absolute atomic E-state index is 0.627. The van der Waals surface area contributed by atoms with Gasteiger partial charge in [0.2, 0.25) is 0 Å². The summed E-state index contributed by atoms with van der Waals surface area (Å²) in [5.41, 5.74) is 5.00. The second-order valence-corrected chi connectivity index (χ2v) is 12.7. The van der Waals surface area contributed by atoms with E-state index in [2.05, 4.69) is 163 Å². The highest BCUT2D eigenvalue weighted by atomic mass is 15.0. The summed E-state index contributed by atoms with van der Waals surface area (Å²) >= 11 is 0. The van der Waals surface area contributed by atoms with Crippen molar-refractivity contribution in [3.8, 4) is 45.3 Å². The molecular weight excluding hydrogens is 609 g/mol. The van der Waals surface area contributed by atoms with E-state index in [1.54, 1.807) is 0 Å². The summed E-state index contributed by atoms with van der Waals surface area (Å²) in [7, 11) is 0. The fourth-order valence-corrected chi connectivity index (χ4v) is 7.32. The molecule has 0 aliphatic carbocycles. The van der Waals surface area contributed by atoms with Crippen LogP contribution in [0.3, 0.4) is 0 Å². The van der Waals surface area contributed by atoms with Crippen molar-refractivity contribution in [1.29, 1.82) is 0 Å². The summed E-state index contributed by atoms with van der Waals surface area (Å²) in [6.07, 6.45) is 3.84. The van der Waals surface area contributed by atoms with Gasteiger partial charge in [-0.15, -0.1) is 0 Å². The van der Waals surface area contributed by atoms with Gasteiger partial charge in [-0.05, 0) is 83.9 Å². The molecule has 2 aromatic heterocycles. The third-order valence-corrected chi connectivity index (χ3v) is 9.75. The molecule has 0 saturated heterocycles. The molecule has 4 heteroatoms. The highest BCUT2D eigenvalue weighted by molar-refractivity contribution is 6.24. The third kappa shape index (κ3) is 4.69. The van der Waals surface area contributed by atoms with Crippen molar-refractivity contribution in [2.45, 2.75) is 0 Å². The summed E-state index contributed by atoms with van der Waals surface area (Å²) < 4.78 is 0. The van der Waals surface area contributed by atoms with Crippen LogP contribution in [0.1, 0.15) is 0 Å². The van der Waals surface area contributed by atoms with Crippen LogP contribution in [0.25, 0.3) is 99.2 Å². The van der Waals surface area contributed by atoms with Crippen molar-refractivity contribution in [2.75, 3.05) is 0 Å². The van der Waals surface area contributed by atoms with E-state index in [-0.39, 0.29) is 0 Å². The zero-order valence-electron chi connectivity index (χ0n) is 27.0. The maximum atomic E-state index is 5.21. The molecule has 10 rings (SSSR count). The average Bonchev–Trinajstić information content (AvgIpc) is 3.19. The van der Waals surface area contributed by atoms with Crippen LogP contribution in [0, 0.1) is 0 Å². The van der Waals surface area contributed by atoms with Crippen molar-refractivity contribution in [2.24, 2.45) is 0 Å². The van der Waals surface area contributed by atoms with Gasteiger partial charge in [-0.2, -0.15) is 0 Å². The number of rotatable bonds is 4. The number of hydrogen-bond donors (Lipinski definition) is 0. The molecule has 0 aliphatic heterocycles. The van der Waals surface area contributed by atoms with E-state index in [4.69, 9.17) is 15.0 Å². The van der Waals surface area contributed by atoms with Gasteiger partial charge in [0.25, 0.3) is 0 Å². The summed E-state index contributed by atoms with van der Waals surface area (Å²) in [5, 5.41) is 11.7. The summed E-state index contributed by atoms with van der Waals surface area (Å²) in [4.78, 5) is 20.1. The van der Waals surface area contributed by atoms with Crippen LogP contribution in [0.5, 0.6) is 0 Å². The quantitative estimate of drug-likeness (QED) is 0.180. The Morgan fingerprint density at radius 3 is 1.56 bits per heavy atom. The lowest BCUT2D eigenvalue weighted by molar-refractivity contribution is 1.08. The first-order valence-corrected chi connectivity index (χ1v) is 16.8. The zero-order valence-corrected chi connectivity index (χ0v) is 27.0. The smallest absolute Gasteiger partial charge is 0.164 e. The number of pyridine rings is 1. The van der Waals surface area contributed by atoms with E-state index in [0.29, 0.717) is 17.5 Å². The van der Waals surface area contributed by atoms with Crippen molar-refractivity contribution in [1.82, 2.24) is 19.9 Å². The molecule has 0 saturated carbocycles. The Hall–Kier alpha value is -6.78. The van der Waals surface area contributed by atoms with Crippen LogP contribution in [-0.2, 0) is 0 Å². The summed E-state index contributed by atoms with van der Waals surface area (Å²) in [6.45, 7) is 0. The number of nitrogens with zero attached hydrogens (tertiary/aromatic N) is 4. The number of hydrogen-bond acceptors (Lipinski definition) is 4. The van der Waals surface area contributed by atoms with Gasteiger partial charge in [-0.3, -0.25) is 4.98 Å². The fourth-order valence-electron chi connectivity index (χ4n) is 7.32. The van der Waals surface area contributed by atoms with Crippen molar-refractivity contribution in [3.63, 3.8) is 0 Å². The molecule has 0 bridgehead atoms. The molecule has 2 heterocycles. The molecule has 10 aromatic rings. The van der Waals surface area contributed by atoms with Crippen LogP contribution in [-0.4, -0.2) is 19.9 Å². The second-order valence-electron chi connectivity index (χ2n) is 12.7. The van der Waals surface area contributed by atoms with E-state index >= 15 is 0 Å². The van der Waals surface area contributed by atoms with E-state index in [1.807, 2.05) is 12.4 Å². The van der Waals surface area contributed by atoms with E-state index in [1.165, 1.54) is 37.7 Å². The van der Waals surface area contributed by atoms with Crippen LogP contribution in [0.15, 0.2) is 170 Å². The molecule has 0 spiro atoms. The maximum Gasteiger partial charge on any atom is 0.164 e. The molecule has 0 radical (unpaired) electrons. The van der Waals surface area contributed by atoms with E-state index < -0.39 is 0 Å². The molecule has 232 valence electrons. The van der Waals surface area contributed by atoms with Crippen molar-refractivity contribution < 1.29 is 0 Å². The predicted molar refractivity (Wildman–Crippen MR) is 207 cm³/mol. The Balaban J connectivity index is 1.24.